The number of hydrogen-bond acceptors (Lipinski definition) is 6. The molecule has 0 aliphatic carbocycles. The lowest BCUT2D eigenvalue weighted by atomic mass is 10.1. The van der Waals surface area contributed by atoms with Crippen LogP contribution in [0.5, 0.6) is 0 Å². The predicted octanol–water partition coefficient (Wildman–Crippen LogP) is 0.355. The first kappa shape index (κ1) is 16.6. The van der Waals surface area contributed by atoms with Crippen LogP contribution < -0.4 is 11.4 Å². The third kappa shape index (κ3) is 5.68. The lowest BCUT2D eigenvalue weighted by molar-refractivity contribution is 0.0451. The van der Waals surface area contributed by atoms with Crippen LogP contribution in [-0.4, -0.2) is 34.5 Å². The van der Waals surface area contributed by atoms with E-state index in [9.17, 15) is 4.79 Å². The molecule has 0 amide bonds. The van der Waals surface area contributed by atoms with Gasteiger partial charge in [0.05, 0.1) is 19.8 Å². The van der Waals surface area contributed by atoms with Crippen LogP contribution >= 0.6 is 0 Å². The van der Waals surface area contributed by atoms with Crippen molar-refractivity contribution in [2.24, 2.45) is 5.92 Å². The van der Waals surface area contributed by atoms with Gasteiger partial charge in [0, 0.05) is 18.4 Å². The Hall–Kier alpha value is -1.44. The van der Waals surface area contributed by atoms with Gasteiger partial charge in [0.1, 0.15) is 12.5 Å². The van der Waals surface area contributed by atoms with E-state index in [1.165, 1.54) is 4.57 Å². The number of nitrogen functional groups attached to an aromatic ring is 1. The molecule has 114 valence electrons. The van der Waals surface area contributed by atoms with Crippen molar-refractivity contribution in [1.29, 1.82) is 0 Å². The van der Waals surface area contributed by atoms with Crippen LogP contribution in [0.4, 0.5) is 5.82 Å². The summed E-state index contributed by atoms with van der Waals surface area (Å²) >= 11 is 0. The minimum Gasteiger partial charge on any atom is -0.394 e. The number of aliphatic hydroxyl groups excluding tert-OH is 1. The molecule has 0 aliphatic rings. The second-order valence-electron chi connectivity index (χ2n) is 4.90. The number of anilines is 1. The zero-order valence-corrected chi connectivity index (χ0v) is 12.0. The highest BCUT2D eigenvalue weighted by atomic mass is 16.5. The second kappa shape index (κ2) is 8.68. The Labute approximate surface area is 118 Å². The molecule has 0 saturated carbocycles. The molecule has 3 N–H and O–H groups in total. The molecule has 0 atom stereocenters. The monoisotopic (exact) mass is 285 g/mol. The summed E-state index contributed by atoms with van der Waals surface area (Å²) in [5.41, 5.74) is 5.88. The molecule has 7 nitrogen and oxygen atoms in total. The van der Waals surface area contributed by atoms with Gasteiger partial charge < -0.3 is 20.3 Å². The number of nitrogens with two attached hydrogens (primary N) is 1. The van der Waals surface area contributed by atoms with Crippen LogP contribution in [0.2, 0.25) is 0 Å². The molecule has 0 aliphatic heterocycles. The molecule has 20 heavy (non-hydrogen) atoms. The molecular formula is C13H23N3O4. The van der Waals surface area contributed by atoms with Crippen molar-refractivity contribution in [3.05, 3.63) is 22.2 Å². The van der Waals surface area contributed by atoms with Gasteiger partial charge in [0.2, 0.25) is 0 Å². The van der Waals surface area contributed by atoms with E-state index in [-0.39, 0.29) is 25.8 Å². The van der Waals surface area contributed by atoms with Gasteiger partial charge in [-0.25, -0.2) is 4.79 Å². The Kier molecular flexibility index (Phi) is 7.21. The van der Waals surface area contributed by atoms with Crippen LogP contribution in [0.15, 0.2) is 11.0 Å². The largest absolute Gasteiger partial charge is 0.394 e. The van der Waals surface area contributed by atoms with E-state index in [0.717, 1.165) is 6.42 Å². The van der Waals surface area contributed by atoms with Crippen LogP contribution in [-0.2, 0) is 22.8 Å². The maximum Gasteiger partial charge on any atom is 0.351 e. The van der Waals surface area contributed by atoms with Gasteiger partial charge in [0.25, 0.3) is 0 Å². The van der Waals surface area contributed by atoms with Crippen LogP contribution in [0.3, 0.4) is 0 Å². The zero-order chi connectivity index (χ0) is 15.0. The molecule has 0 bridgehead atoms. The highest BCUT2D eigenvalue weighted by molar-refractivity contribution is 5.36. The lowest BCUT2D eigenvalue weighted by Crippen LogP contribution is -2.26. The smallest absolute Gasteiger partial charge is 0.351 e. The fourth-order valence-electron chi connectivity index (χ4n) is 1.48. The van der Waals surface area contributed by atoms with Crippen molar-refractivity contribution < 1.29 is 14.6 Å². The molecule has 1 heterocycles. The zero-order valence-electron chi connectivity index (χ0n) is 12.0. The third-order valence-corrected chi connectivity index (χ3v) is 2.67. The van der Waals surface area contributed by atoms with E-state index in [1.807, 2.05) is 0 Å². The van der Waals surface area contributed by atoms with Crippen LogP contribution in [0.1, 0.15) is 25.8 Å². The number of nitrogens with zero attached hydrogens (tertiary/aromatic N) is 2. The van der Waals surface area contributed by atoms with E-state index >= 15 is 0 Å². The van der Waals surface area contributed by atoms with Crippen molar-refractivity contribution >= 4 is 5.82 Å². The van der Waals surface area contributed by atoms with E-state index in [1.54, 1.807) is 6.20 Å². The standard InChI is InChI=1S/C13H23N3O4/c1-10(2)3-5-19-8-11-7-16(9-20-6-4-17)13(18)15-12(11)14/h7,10,17H,3-6,8-9H2,1-2H3,(H2,14,15,18). The molecular weight excluding hydrogens is 262 g/mol. The van der Waals surface area contributed by atoms with Gasteiger partial charge in [-0.05, 0) is 12.3 Å². The van der Waals surface area contributed by atoms with Gasteiger partial charge in [0.15, 0.2) is 0 Å². The highest BCUT2D eigenvalue weighted by Crippen LogP contribution is 2.08. The molecule has 0 radical (unpaired) electrons. The van der Waals surface area contributed by atoms with Crippen molar-refractivity contribution in [1.82, 2.24) is 9.55 Å². The average Bonchev–Trinajstić information content (AvgIpc) is 2.38. The Balaban J connectivity index is 2.61. The molecule has 0 fully saturated rings. The second-order valence-corrected chi connectivity index (χ2v) is 4.90. The fourth-order valence-corrected chi connectivity index (χ4v) is 1.48. The molecule has 0 aromatic carbocycles. The number of hydrogen-bond donors (Lipinski definition) is 2. The molecule has 0 unspecified atom stereocenters. The van der Waals surface area contributed by atoms with E-state index in [2.05, 4.69) is 18.8 Å². The van der Waals surface area contributed by atoms with Gasteiger partial charge in [-0.2, -0.15) is 4.98 Å². The number of aliphatic hydroxyl groups is 1. The summed E-state index contributed by atoms with van der Waals surface area (Å²) in [7, 11) is 0. The molecule has 0 saturated heterocycles. The summed E-state index contributed by atoms with van der Waals surface area (Å²) < 4.78 is 11.9. The Morgan fingerprint density at radius 1 is 1.40 bits per heavy atom. The first-order valence-corrected chi connectivity index (χ1v) is 6.66. The van der Waals surface area contributed by atoms with Crippen molar-refractivity contribution in [2.75, 3.05) is 25.6 Å². The Bertz CT molecular complexity index is 459. The maximum atomic E-state index is 11.6. The molecule has 1 rings (SSSR count). The molecule has 1 aromatic heterocycles. The summed E-state index contributed by atoms with van der Waals surface area (Å²) in [4.78, 5) is 15.3. The summed E-state index contributed by atoms with van der Waals surface area (Å²) in [5, 5.41) is 8.63. The predicted molar refractivity (Wildman–Crippen MR) is 75.1 cm³/mol. The topological polar surface area (TPSA) is 99.6 Å². The first-order valence-electron chi connectivity index (χ1n) is 6.66. The SMILES string of the molecule is CC(C)CCOCc1cn(COCCO)c(=O)nc1N. The third-order valence-electron chi connectivity index (χ3n) is 2.67. The molecule has 1 aromatic rings. The Morgan fingerprint density at radius 2 is 2.15 bits per heavy atom. The van der Waals surface area contributed by atoms with Crippen molar-refractivity contribution in [3.8, 4) is 0 Å². The van der Waals surface area contributed by atoms with E-state index in [4.69, 9.17) is 20.3 Å². The molecule has 0 spiro atoms. The van der Waals surface area contributed by atoms with Crippen molar-refractivity contribution in [3.63, 3.8) is 0 Å². The fraction of sp³-hybridized carbons (Fsp3) is 0.692. The molecule has 7 heteroatoms. The number of rotatable bonds is 9. The van der Waals surface area contributed by atoms with Gasteiger partial charge in [-0.1, -0.05) is 13.8 Å². The minimum atomic E-state index is -0.480. The van der Waals surface area contributed by atoms with Gasteiger partial charge in [-0.3, -0.25) is 4.57 Å². The highest BCUT2D eigenvalue weighted by Gasteiger charge is 2.06. The minimum absolute atomic E-state index is 0.0334. The van der Waals surface area contributed by atoms with Crippen molar-refractivity contribution in [2.45, 2.75) is 33.6 Å². The average molecular weight is 285 g/mol. The normalized spacial score (nSPS) is 11.2. The van der Waals surface area contributed by atoms with Crippen LogP contribution in [0.25, 0.3) is 0 Å². The lowest BCUT2D eigenvalue weighted by Gasteiger charge is -2.11. The summed E-state index contributed by atoms with van der Waals surface area (Å²) in [6.45, 7) is 5.30. The number of ether oxygens (including phenoxy) is 2. The van der Waals surface area contributed by atoms with E-state index < -0.39 is 5.69 Å². The Morgan fingerprint density at radius 3 is 2.80 bits per heavy atom. The maximum absolute atomic E-state index is 11.6. The first-order chi connectivity index (χ1) is 9.54. The summed E-state index contributed by atoms with van der Waals surface area (Å²) in [5.74, 6) is 0.754. The van der Waals surface area contributed by atoms with Gasteiger partial charge in [-0.15, -0.1) is 0 Å². The summed E-state index contributed by atoms with van der Waals surface area (Å²) in [6, 6.07) is 0. The number of aromatic nitrogens is 2. The quantitative estimate of drug-likeness (QED) is 0.635. The van der Waals surface area contributed by atoms with Crippen LogP contribution in [0, 0.1) is 5.92 Å². The van der Waals surface area contributed by atoms with E-state index in [0.29, 0.717) is 24.7 Å². The summed E-state index contributed by atoms with van der Waals surface area (Å²) in [6.07, 6.45) is 2.55. The van der Waals surface area contributed by atoms with Gasteiger partial charge >= 0.3 is 5.69 Å².